The molecule has 0 bridgehead atoms. The van der Waals surface area contributed by atoms with Gasteiger partial charge >= 0.3 is 0 Å². The fraction of sp³-hybridized carbons (Fsp3) is 0.333. The van der Waals surface area contributed by atoms with Gasteiger partial charge in [-0.05, 0) is 31.5 Å². The van der Waals surface area contributed by atoms with Gasteiger partial charge in [0.15, 0.2) is 11.6 Å². The van der Waals surface area contributed by atoms with Gasteiger partial charge in [-0.3, -0.25) is 0 Å². The molecule has 112 valence electrons. The van der Waals surface area contributed by atoms with Crippen molar-refractivity contribution in [3.63, 3.8) is 0 Å². The Kier molecular flexibility index (Phi) is 5.33. The molecule has 4 nitrogen and oxygen atoms in total. The maximum atomic E-state index is 14.1. The zero-order chi connectivity index (χ0) is 15.2. The number of alkyl halides is 1. The van der Waals surface area contributed by atoms with Gasteiger partial charge in [-0.2, -0.15) is 0 Å². The number of aryl methyl sites for hydroxylation is 1. The smallest absolute Gasteiger partial charge is 0.187 e. The second-order valence-electron chi connectivity index (χ2n) is 4.35. The molecule has 0 unspecified atom stereocenters. The number of ether oxygens (including phenoxy) is 1. The molecular formula is C15H17ClFN3O. The van der Waals surface area contributed by atoms with Crippen LogP contribution in [0.4, 0.5) is 15.9 Å². The van der Waals surface area contributed by atoms with Crippen LogP contribution in [0.1, 0.15) is 25.1 Å². The summed E-state index contributed by atoms with van der Waals surface area (Å²) < 4.78 is 19.6. The van der Waals surface area contributed by atoms with Crippen molar-refractivity contribution < 1.29 is 9.13 Å². The molecule has 0 spiro atoms. The standard InChI is InChI=1S/C15H17ClFN3O/c1-3-12-14(17)15(19-9-18-12)20-11-5-6-13(21-4-2)10(7-11)8-16/h5-7,9H,3-4,8H2,1-2H3,(H,18,19,20). The molecule has 2 aromatic rings. The number of hydrogen-bond donors (Lipinski definition) is 1. The van der Waals surface area contributed by atoms with Gasteiger partial charge in [-0.1, -0.05) is 6.92 Å². The highest BCUT2D eigenvalue weighted by Crippen LogP contribution is 2.27. The maximum Gasteiger partial charge on any atom is 0.187 e. The van der Waals surface area contributed by atoms with E-state index in [1.807, 2.05) is 26.0 Å². The van der Waals surface area contributed by atoms with Gasteiger partial charge in [0.1, 0.15) is 12.1 Å². The Balaban J connectivity index is 2.28. The maximum absolute atomic E-state index is 14.1. The lowest BCUT2D eigenvalue weighted by atomic mass is 10.2. The molecule has 6 heteroatoms. The van der Waals surface area contributed by atoms with Crippen LogP contribution in [0.2, 0.25) is 0 Å². The third-order valence-corrected chi connectivity index (χ3v) is 3.25. The fourth-order valence-corrected chi connectivity index (χ4v) is 2.14. The summed E-state index contributed by atoms with van der Waals surface area (Å²) >= 11 is 5.91. The molecule has 0 aliphatic carbocycles. The number of benzene rings is 1. The van der Waals surface area contributed by atoms with Gasteiger partial charge in [0.25, 0.3) is 0 Å². The monoisotopic (exact) mass is 309 g/mol. The highest BCUT2D eigenvalue weighted by atomic mass is 35.5. The van der Waals surface area contributed by atoms with E-state index >= 15 is 0 Å². The normalized spacial score (nSPS) is 10.5. The highest BCUT2D eigenvalue weighted by molar-refractivity contribution is 6.17. The molecule has 0 fully saturated rings. The number of halogens is 2. The van der Waals surface area contributed by atoms with Crippen molar-refractivity contribution in [3.05, 3.63) is 41.6 Å². The highest BCUT2D eigenvalue weighted by Gasteiger charge is 2.11. The predicted molar refractivity (Wildman–Crippen MR) is 81.8 cm³/mol. The van der Waals surface area contributed by atoms with Crippen molar-refractivity contribution in [1.82, 2.24) is 9.97 Å². The summed E-state index contributed by atoms with van der Waals surface area (Å²) in [5.41, 5.74) is 1.93. The van der Waals surface area contributed by atoms with Crippen LogP contribution in [0.25, 0.3) is 0 Å². The van der Waals surface area contributed by atoms with Crippen LogP contribution in [0.5, 0.6) is 5.75 Å². The average Bonchev–Trinajstić information content (AvgIpc) is 2.51. The van der Waals surface area contributed by atoms with E-state index in [2.05, 4.69) is 15.3 Å². The lowest BCUT2D eigenvalue weighted by molar-refractivity contribution is 0.337. The van der Waals surface area contributed by atoms with Crippen LogP contribution in [0, 0.1) is 5.82 Å². The van der Waals surface area contributed by atoms with Gasteiger partial charge < -0.3 is 10.1 Å². The lowest BCUT2D eigenvalue weighted by Gasteiger charge is -2.12. The van der Waals surface area contributed by atoms with Gasteiger partial charge in [-0.15, -0.1) is 11.6 Å². The molecule has 0 aliphatic rings. The van der Waals surface area contributed by atoms with Crippen LogP contribution in [0.3, 0.4) is 0 Å². The third-order valence-electron chi connectivity index (χ3n) is 2.96. The Morgan fingerprint density at radius 1 is 1.29 bits per heavy atom. The minimum Gasteiger partial charge on any atom is -0.494 e. The SMILES string of the molecule is CCOc1ccc(Nc2ncnc(CC)c2F)cc1CCl. The Labute approximate surface area is 128 Å². The van der Waals surface area contributed by atoms with Crippen molar-refractivity contribution in [2.45, 2.75) is 26.1 Å². The van der Waals surface area contributed by atoms with E-state index in [1.54, 1.807) is 6.07 Å². The summed E-state index contributed by atoms with van der Waals surface area (Å²) in [6, 6.07) is 5.43. The molecule has 0 aliphatic heterocycles. The topological polar surface area (TPSA) is 47.0 Å². The third kappa shape index (κ3) is 3.61. The van der Waals surface area contributed by atoms with Crippen molar-refractivity contribution in [3.8, 4) is 5.75 Å². The summed E-state index contributed by atoms with van der Waals surface area (Å²) in [6.45, 7) is 4.32. The molecule has 2 rings (SSSR count). The minimum atomic E-state index is -0.429. The van der Waals surface area contributed by atoms with E-state index in [0.717, 1.165) is 11.3 Å². The van der Waals surface area contributed by atoms with Crippen LogP contribution >= 0.6 is 11.6 Å². The van der Waals surface area contributed by atoms with E-state index in [-0.39, 0.29) is 5.82 Å². The lowest BCUT2D eigenvalue weighted by Crippen LogP contribution is -2.03. The van der Waals surface area contributed by atoms with Crippen LogP contribution in [-0.4, -0.2) is 16.6 Å². The quantitative estimate of drug-likeness (QED) is 0.817. The summed E-state index contributed by atoms with van der Waals surface area (Å²) in [4.78, 5) is 7.84. The van der Waals surface area contributed by atoms with E-state index < -0.39 is 5.82 Å². The summed E-state index contributed by atoms with van der Waals surface area (Å²) in [6.07, 6.45) is 1.86. The predicted octanol–water partition coefficient (Wildman–Crippen LogP) is 4.06. The Bertz CT molecular complexity index is 622. The molecular weight excluding hydrogens is 293 g/mol. The van der Waals surface area contributed by atoms with Gasteiger partial charge in [-0.25, -0.2) is 14.4 Å². The van der Waals surface area contributed by atoms with Crippen molar-refractivity contribution in [2.75, 3.05) is 11.9 Å². The first kappa shape index (κ1) is 15.5. The second-order valence-corrected chi connectivity index (χ2v) is 4.62. The first-order valence-electron chi connectivity index (χ1n) is 6.77. The number of aromatic nitrogens is 2. The minimum absolute atomic E-state index is 0.159. The number of rotatable bonds is 6. The molecule has 0 atom stereocenters. The summed E-state index contributed by atoms with van der Waals surface area (Å²) in [7, 11) is 0. The fourth-order valence-electron chi connectivity index (χ4n) is 1.93. The molecule has 0 radical (unpaired) electrons. The van der Waals surface area contributed by atoms with E-state index in [0.29, 0.717) is 30.3 Å². The number of anilines is 2. The first-order valence-corrected chi connectivity index (χ1v) is 7.31. The van der Waals surface area contributed by atoms with Crippen molar-refractivity contribution >= 4 is 23.1 Å². The van der Waals surface area contributed by atoms with Crippen LogP contribution in [-0.2, 0) is 12.3 Å². The first-order chi connectivity index (χ1) is 10.2. The van der Waals surface area contributed by atoms with Gasteiger partial charge in [0.2, 0.25) is 0 Å². The molecule has 0 saturated carbocycles. The Hall–Kier alpha value is -1.88. The Morgan fingerprint density at radius 2 is 2.10 bits per heavy atom. The zero-order valence-electron chi connectivity index (χ0n) is 12.0. The zero-order valence-corrected chi connectivity index (χ0v) is 12.7. The van der Waals surface area contributed by atoms with Crippen molar-refractivity contribution in [1.29, 1.82) is 0 Å². The van der Waals surface area contributed by atoms with E-state index in [1.165, 1.54) is 6.33 Å². The molecule has 0 amide bonds. The molecule has 1 N–H and O–H groups in total. The molecule has 1 heterocycles. The van der Waals surface area contributed by atoms with Crippen LogP contribution < -0.4 is 10.1 Å². The summed E-state index contributed by atoms with van der Waals surface area (Å²) in [5, 5.41) is 2.95. The van der Waals surface area contributed by atoms with E-state index in [4.69, 9.17) is 16.3 Å². The van der Waals surface area contributed by atoms with Crippen molar-refractivity contribution in [2.24, 2.45) is 0 Å². The largest absolute Gasteiger partial charge is 0.494 e. The average molecular weight is 310 g/mol. The summed E-state index contributed by atoms with van der Waals surface area (Å²) in [5.74, 6) is 0.778. The number of nitrogens with one attached hydrogen (secondary N) is 1. The van der Waals surface area contributed by atoms with Crippen LogP contribution in [0.15, 0.2) is 24.5 Å². The van der Waals surface area contributed by atoms with Gasteiger partial charge in [0.05, 0.1) is 18.2 Å². The molecule has 0 saturated heterocycles. The Morgan fingerprint density at radius 3 is 2.76 bits per heavy atom. The van der Waals surface area contributed by atoms with Gasteiger partial charge in [0, 0.05) is 11.3 Å². The van der Waals surface area contributed by atoms with E-state index in [9.17, 15) is 4.39 Å². The second kappa shape index (κ2) is 7.22. The molecule has 1 aromatic heterocycles. The molecule has 1 aromatic carbocycles. The number of nitrogens with zero attached hydrogens (tertiary/aromatic N) is 2. The molecule has 21 heavy (non-hydrogen) atoms. The number of hydrogen-bond acceptors (Lipinski definition) is 4.